The Morgan fingerprint density at radius 2 is 1.89 bits per heavy atom. The molecule has 19 heavy (non-hydrogen) atoms. The van der Waals surface area contributed by atoms with Gasteiger partial charge in [-0.2, -0.15) is 0 Å². The first-order valence-corrected chi connectivity index (χ1v) is 8.20. The van der Waals surface area contributed by atoms with Gasteiger partial charge in [-0.15, -0.1) is 0 Å². The molecule has 0 aromatic heterocycles. The zero-order chi connectivity index (χ0) is 13.5. The zero-order valence-corrected chi connectivity index (χ0v) is 12.5. The van der Waals surface area contributed by atoms with Crippen molar-refractivity contribution in [3.63, 3.8) is 0 Å². The first-order valence-electron chi connectivity index (χ1n) is 8.20. The first kappa shape index (κ1) is 14.8. The van der Waals surface area contributed by atoms with Crippen molar-refractivity contribution in [2.45, 2.75) is 57.8 Å². The van der Waals surface area contributed by atoms with Crippen molar-refractivity contribution in [3.05, 3.63) is 0 Å². The maximum absolute atomic E-state index is 12.1. The molecule has 1 N–H and O–H groups in total. The van der Waals surface area contributed by atoms with E-state index >= 15 is 0 Å². The molecule has 0 aromatic rings. The summed E-state index contributed by atoms with van der Waals surface area (Å²) in [7, 11) is 1.98. The van der Waals surface area contributed by atoms with Gasteiger partial charge in [0.2, 0.25) is 5.91 Å². The minimum absolute atomic E-state index is 0.350. The van der Waals surface area contributed by atoms with Gasteiger partial charge >= 0.3 is 0 Å². The molecule has 3 heteroatoms. The number of nitrogens with zero attached hydrogens (tertiary/aromatic N) is 1. The molecule has 110 valence electrons. The van der Waals surface area contributed by atoms with E-state index in [4.69, 9.17) is 0 Å². The molecule has 1 aliphatic heterocycles. The third-order valence-electron chi connectivity index (χ3n) is 4.95. The molecule has 0 bridgehead atoms. The number of rotatable bonds is 6. The van der Waals surface area contributed by atoms with Crippen LogP contribution in [0, 0.1) is 11.8 Å². The number of amides is 1. The van der Waals surface area contributed by atoms with E-state index in [1.54, 1.807) is 0 Å². The van der Waals surface area contributed by atoms with Crippen molar-refractivity contribution >= 4 is 5.91 Å². The van der Waals surface area contributed by atoms with E-state index in [0.29, 0.717) is 5.91 Å². The Hall–Kier alpha value is -0.570. The van der Waals surface area contributed by atoms with Gasteiger partial charge in [0.1, 0.15) is 0 Å². The van der Waals surface area contributed by atoms with E-state index in [9.17, 15) is 4.79 Å². The standard InChI is InChI=1S/C16H30N2O/c1-18(12-10-14-5-3-2-4-6-14)16(19)8-7-15-9-11-17-13-15/h14-15,17H,2-13H2,1H3. The summed E-state index contributed by atoms with van der Waals surface area (Å²) < 4.78 is 0. The highest BCUT2D eigenvalue weighted by Crippen LogP contribution is 2.26. The monoisotopic (exact) mass is 266 g/mol. The number of hydrogen-bond acceptors (Lipinski definition) is 2. The second-order valence-corrected chi connectivity index (χ2v) is 6.51. The van der Waals surface area contributed by atoms with Crippen LogP contribution >= 0.6 is 0 Å². The minimum atomic E-state index is 0.350. The third-order valence-corrected chi connectivity index (χ3v) is 4.95. The molecule has 1 unspecified atom stereocenters. The van der Waals surface area contributed by atoms with Crippen LogP contribution in [0.2, 0.25) is 0 Å². The van der Waals surface area contributed by atoms with Crippen LogP contribution in [-0.2, 0) is 4.79 Å². The lowest BCUT2D eigenvalue weighted by atomic mass is 9.87. The molecule has 2 rings (SSSR count). The number of nitrogens with one attached hydrogen (secondary N) is 1. The minimum Gasteiger partial charge on any atom is -0.346 e. The summed E-state index contributed by atoms with van der Waals surface area (Å²) in [6, 6.07) is 0. The van der Waals surface area contributed by atoms with Gasteiger partial charge in [0.15, 0.2) is 0 Å². The summed E-state index contributed by atoms with van der Waals surface area (Å²) in [6.45, 7) is 3.21. The highest BCUT2D eigenvalue weighted by Gasteiger charge is 2.18. The van der Waals surface area contributed by atoms with Crippen molar-refractivity contribution in [1.29, 1.82) is 0 Å². The summed E-state index contributed by atoms with van der Waals surface area (Å²) in [5, 5.41) is 3.37. The maximum Gasteiger partial charge on any atom is 0.222 e. The maximum atomic E-state index is 12.1. The van der Waals surface area contributed by atoms with Crippen LogP contribution in [0.25, 0.3) is 0 Å². The molecule has 3 nitrogen and oxygen atoms in total. The molecular weight excluding hydrogens is 236 g/mol. The van der Waals surface area contributed by atoms with Gasteiger partial charge in [0.05, 0.1) is 0 Å². The van der Waals surface area contributed by atoms with Gasteiger partial charge in [0.25, 0.3) is 0 Å². The highest BCUT2D eigenvalue weighted by atomic mass is 16.2. The van der Waals surface area contributed by atoms with E-state index in [0.717, 1.165) is 44.3 Å². The second kappa shape index (κ2) is 7.88. The Labute approximate surface area is 118 Å². The molecule has 1 heterocycles. The molecule has 1 aliphatic carbocycles. The Kier molecular flexibility index (Phi) is 6.15. The number of carbonyl (C=O) groups excluding carboxylic acids is 1. The van der Waals surface area contributed by atoms with Crippen LogP contribution in [0.4, 0.5) is 0 Å². The lowest BCUT2D eigenvalue weighted by molar-refractivity contribution is -0.130. The normalized spacial score (nSPS) is 24.6. The molecule has 1 atom stereocenters. The van der Waals surface area contributed by atoms with Gasteiger partial charge in [-0.05, 0) is 44.2 Å². The summed E-state index contributed by atoms with van der Waals surface area (Å²) in [5.41, 5.74) is 0. The van der Waals surface area contributed by atoms with Crippen molar-refractivity contribution in [1.82, 2.24) is 10.2 Å². The van der Waals surface area contributed by atoms with Crippen molar-refractivity contribution < 1.29 is 4.79 Å². The summed E-state index contributed by atoms with van der Waals surface area (Å²) in [6.07, 6.45) is 11.3. The Morgan fingerprint density at radius 3 is 2.58 bits per heavy atom. The predicted octanol–water partition coefficient (Wildman–Crippen LogP) is 2.80. The third kappa shape index (κ3) is 5.13. The van der Waals surface area contributed by atoms with Crippen LogP contribution in [0.3, 0.4) is 0 Å². The molecule has 1 saturated heterocycles. The average molecular weight is 266 g/mol. The van der Waals surface area contributed by atoms with E-state index in [-0.39, 0.29) is 0 Å². The molecule has 0 aromatic carbocycles. The highest BCUT2D eigenvalue weighted by molar-refractivity contribution is 5.75. The van der Waals surface area contributed by atoms with Gasteiger partial charge in [0, 0.05) is 20.0 Å². The first-order chi connectivity index (χ1) is 9.25. The fraction of sp³-hybridized carbons (Fsp3) is 0.938. The van der Waals surface area contributed by atoms with Gasteiger partial charge < -0.3 is 10.2 Å². The molecule has 2 fully saturated rings. The van der Waals surface area contributed by atoms with E-state index in [1.165, 1.54) is 44.9 Å². The SMILES string of the molecule is CN(CCC1CCCCC1)C(=O)CCC1CCNC1. The fourth-order valence-corrected chi connectivity index (χ4v) is 3.46. The van der Waals surface area contributed by atoms with Crippen LogP contribution in [0.15, 0.2) is 0 Å². The van der Waals surface area contributed by atoms with Crippen LogP contribution < -0.4 is 5.32 Å². The largest absolute Gasteiger partial charge is 0.346 e. The summed E-state index contributed by atoms with van der Waals surface area (Å²) in [5.74, 6) is 1.96. The summed E-state index contributed by atoms with van der Waals surface area (Å²) in [4.78, 5) is 14.0. The molecular formula is C16H30N2O. The Morgan fingerprint density at radius 1 is 1.11 bits per heavy atom. The van der Waals surface area contributed by atoms with Gasteiger partial charge in [-0.25, -0.2) is 0 Å². The van der Waals surface area contributed by atoms with E-state index in [1.807, 2.05) is 11.9 Å². The number of hydrogen-bond donors (Lipinski definition) is 1. The second-order valence-electron chi connectivity index (χ2n) is 6.51. The fourth-order valence-electron chi connectivity index (χ4n) is 3.46. The van der Waals surface area contributed by atoms with Gasteiger partial charge in [-0.3, -0.25) is 4.79 Å². The summed E-state index contributed by atoms with van der Waals surface area (Å²) >= 11 is 0. The molecule has 2 aliphatic rings. The molecule has 0 radical (unpaired) electrons. The van der Waals surface area contributed by atoms with Crippen LogP contribution in [0.1, 0.15) is 57.8 Å². The van der Waals surface area contributed by atoms with Crippen LogP contribution in [-0.4, -0.2) is 37.5 Å². The van der Waals surface area contributed by atoms with Crippen molar-refractivity contribution in [2.75, 3.05) is 26.7 Å². The topological polar surface area (TPSA) is 32.3 Å². The lowest BCUT2D eigenvalue weighted by Gasteiger charge is -2.25. The van der Waals surface area contributed by atoms with E-state index in [2.05, 4.69) is 5.32 Å². The average Bonchev–Trinajstić information content (AvgIpc) is 2.96. The number of carbonyl (C=O) groups is 1. The lowest BCUT2D eigenvalue weighted by Crippen LogP contribution is -2.29. The Bertz CT molecular complexity index is 268. The van der Waals surface area contributed by atoms with Crippen LogP contribution in [0.5, 0.6) is 0 Å². The molecule has 1 saturated carbocycles. The predicted molar refractivity (Wildman–Crippen MR) is 79.0 cm³/mol. The zero-order valence-electron chi connectivity index (χ0n) is 12.5. The Balaban J connectivity index is 1.58. The van der Waals surface area contributed by atoms with Crippen molar-refractivity contribution in [3.8, 4) is 0 Å². The van der Waals surface area contributed by atoms with E-state index < -0.39 is 0 Å². The molecule has 0 spiro atoms. The smallest absolute Gasteiger partial charge is 0.222 e. The molecule has 1 amide bonds. The quantitative estimate of drug-likeness (QED) is 0.802. The van der Waals surface area contributed by atoms with Gasteiger partial charge in [-0.1, -0.05) is 32.1 Å². The van der Waals surface area contributed by atoms with Crippen molar-refractivity contribution in [2.24, 2.45) is 11.8 Å².